The molecule has 8 nitrogen and oxygen atoms in total. The second-order valence-corrected chi connectivity index (χ2v) is 10.2. The van der Waals surface area contributed by atoms with Crippen molar-refractivity contribution < 1.29 is 33.3 Å². The maximum atomic E-state index is 13.9. The maximum Gasteiger partial charge on any atom is 0.340 e. The van der Waals surface area contributed by atoms with Crippen LogP contribution in [0.15, 0.2) is 40.9 Å². The van der Waals surface area contributed by atoms with E-state index in [9.17, 15) is 14.4 Å². The first kappa shape index (κ1) is 28.8. The molecule has 0 radical (unpaired) electrons. The summed E-state index contributed by atoms with van der Waals surface area (Å²) in [6.07, 6.45) is 4.30. The van der Waals surface area contributed by atoms with Crippen molar-refractivity contribution in [1.82, 2.24) is 0 Å². The first-order valence-electron chi connectivity index (χ1n) is 12.3. The van der Waals surface area contributed by atoms with E-state index in [-0.39, 0.29) is 30.6 Å². The molecule has 2 aromatic carbocycles. The highest BCUT2D eigenvalue weighted by molar-refractivity contribution is 9.10. The summed E-state index contributed by atoms with van der Waals surface area (Å²) in [6, 6.07) is 9.44. The zero-order valence-electron chi connectivity index (χ0n) is 21.7. The number of nitrogens with zero attached hydrogens (tertiary/aromatic N) is 1. The number of aldehydes is 1. The summed E-state index contributed by atoms with van der Waals surface area (Å²) in [5.74, 6) is 0.624. The van der Waals surface area contributed by atoms with Gasteiger partial charge in [-0.1, -0.05) is 6.92 Å². The van der Waals surface area contributed by atoms with E-state index in [0.717, 1.165) is 32.0 Å². The van der Waals surface area contributed by atoms with E-state index in [1.54, 1.807) is 55.5 Å². The number of hydrogen-bond donors (Lipinski definition) is 0. The molecule has 37 heavy (non-hydrogen) atoms. The summed E-state index contributed by atoms with van der Waals surface area (Å²) in [4.78, 5) is 39.6. The molecule has 0 unspecified atom stereocenters. The summed E-state index contributed by atoms with van der Waals surface area (Å²) in [5.41, 5.74) is 1.10. The number of hydrogen-bond acceptors (Lipinski definition) is 7. The van der Waals surface area contributed by atoms with Gasteiger partial charge < -0.3 is 23.8 Å². The van der Waals surface area contributed by atoms with Crippen LogP contribution in [0.3, 0.4) is 0 Å². The van der Waals surface area contributed by atoms with E-state index in [1.165, 1.54) is 7.11 Å². The number of carbonyl (C=O) groups excluding carboxylic acids is 3. The minimum absolute atomic E-state index is 0.0583. The molecular weight excluding hydrogens is 542 g/mol. The highest BCUT2D eigenvalue weighted by Crippen LogP contribution is 2.36. The number of amides is 1. The number of methoxy groups -OCH3 is 3. The van der Waals surface area contributed by atoms with E-state index < -0.39 is 12.0 Å². The molecular formula is C28H34BrNO7. The number of benzene rings is 2. The van der Waals surface area contributed by atoms with Crippen LogP contribution < -0.4 is 9.64 Å². The number of ether oxygens (including phenoxy) is 4. The summed E-state index contributed by atoms with van der Waals surface area (Å²) >= 11 is 3.41. The summed E-state index contributed by atoms with van der Waals surface area (Å²) in [7, 11) is 4.43. The molecule has 1 fully saturated rings. The minimum Gasteiger partial charge on any atom is -0.465 e. The zero-order chi connectivity index (χ0) is 26.9. The normalized spacial score (nSPS) is 17.4. The first-order chi connectivity index (χ1) is 17.8. The molecule has 3 rings (SSSR count). The van der Waals surface area contributed by atoms with Crippen molar-refractivity contribution in [3.8, 4) is 11.5 Å². The molecule has 0 saturated heterocycles. The molecule has 1 aliphatic carbocycles. The minimum atomic E-state index is -0.598. The van der Waals surface area contributed by atoms with Gasteiger partial charge in [-0.2, -0.15) is 0 Å². The summed E-state index contributed by atoms with van der Waals surface area (Å²) in [5, 5.41) is 0. The average molecular weight is 576 g/mol. The monoisotopic (exact) mass is 575 g/mol. The van der Waals surface area contributed by atoms with Crippen molar-refractivity contribution >= 4 is 39.8 Å². The third-order valence-corrected chi connectivity index (χ3v) is 7.26. The van der Waals surface area contributed by atoms with Gasteiger partial charge in [0.1, 0.15) is 17.8 Å². The number of halogens is 1. The molecule has 9 heteroatoms. The Bertz CT molecular complexity index is 1090. The lowest BCUT2D eigenvalue weighted by molar-refractivity contribution is -0.124. The second kappa shape index (κ2) is 13.7. The van der Waals surface area contributed by atoms with Gasteiger partial charge in [0.2, 0.25) is 5.91 Å². The van der Waals surface area contributed by atoms with Gasteiger partial charge >= 0.3 is 5.97 Å². The van der Waals surface area contributed by atoms with Gasteiger partial charge in [-0.3, -0.25) is 9.59 Å². The highest BCUT2D eigenvalue weighted by Gasteiger charge is 2.35. The Morgan fingerprint density at radius 1 is 1.03 bits per heavy atom. The van der Waals surface area contributed by atoms with Crippen molar-refractivity contribution in [3.05, 3.63) is 52.0 Å². The van der Waals surface area contributed by atoms with Gasteiger partial charge in [0, 0.05) is 25.7 Å². The van der Waals surface area contributed by atoms with Gasteiger partial charge in [-0.05, 0) is 83.9 Å². The Morgan fingerprint density at radius 3 is 2.27 bits per heavy atom. The van der Waals surface area contributed by atoms with Crippen LogP contribution in [0.1, 0.15) is 53.3 Å². The molecule has 1 amide bonds. The van der Waals surface area contributed by atoms with Crippen molar-refractivity contribution in [2.75, 3.05) is 39.4 Å². The Hall–Kier alpha value is -2.75. The SMILES string of the molecule is COCC(COC)N(c1ccc(Oc2ccc(C=O)cc2Br)cc1C(=O)OC)C(=O)[C@H]1CC[C@H](C)CC1. The van der Waals surface area contributed by atoms with Crippen LogP contribution in [0.5, 0.6) is 11.5 Å². The van der Waals surface area contributed by atoms with Crippen LogP contribution in [0.2, 0.25) is 0 Å². The lowest BCUT2D eigenvalue weighted by Gasteiger charge is -2.36. The van der Waals surface area contributed by atoms with Gasteiger partial charge in [0.05, 0.1) is 42.1 Å². The molecule has 1 saturated carbocycles. The van der Waals surface area contributed by atoms with Crippen molar-refractivity contribution in [2.45, 2.75) is 38.6 Å². The van der Waals surface area contributed by atoms with Crippen LogP contribution in [0.4, 0.5) is 5.69 Å². The van der Waals surface area contributed by atoms with Crippen molar-refractivity contribution in [3.63, 3.8) is 0 Å². The van der Waals surface area contributed by atoms with Gasteiger partial charge in [-0.25, -0.2) is 4.79 Å². The highest BCUT2D eigenvalue weighted by atomic mass is 79.9. The quantitative estimate of drug-likeness (QED) is 0.252. The Labute approximate surface area is 226 Å². The van der Waals surface area contributed by atoms with E-state index in [4.69, 9.17) is 18.9 Å². The van der Waals surface area contributed by atoms with Gasteiger partial charge in [0.25, 0.3) is 0 Å². The largest absolute Gasteiger partial charge is 0.465 e. The van der Waals surface area contributed by atoms with E-state index >= 15 is 0 Å². The third-order valence-electron chi connectivity index (χ3n) is 6.64. The number of carbonyl (C=O) groups is 3. The first-order valence-corrected chi connectivity index (χ1v) is 13.1. The molecule has 0 aliphatic heterocycles. The van der Waals surface area contributed by atoms with Gasteiger partial charge in [0.15, 0.2) is 0 Å². The molecule has 0 heterocycles. The molecule has 0 atom stereocenters. The van der Waals surface area contributed by atoms with Crippen LogP contribution in [0, 0.1) is 11.8 Å². The topological polar surface area (TPSA) is 91.4 Å². The number of rotatable bonds is 11. The van der Waals surface area contributed by atoms with Crippen LogP contribution in [-0.4, -0.2) is 58.7 Å². The van der Waals surface area contributed by atoms with Crippen molar-refractivity contribution in [2.24, 2.45) is 11.8 Å². The second-order valence-electron chi connectivity index (χ2n) is 9.31. The van der Waals surface area contributed by atoms with E-state index in [2.05, 4.69) is 22.9 Å². The van der Waals surface area contributed by atoms with E-state index in [0.29, 0.717) is 33.1 Å². The van der Waals surface area contributed by atoms with Crippen LogP contribution in [0.25, 0.3) is 0 Å². The summed E-state index contributed by atoms with van der Waals surface area (Å²) < 4.78 is 22.5. The molecule has 0 N–H and O–H groups in total. The smallest absolute Gasteiger partial charge is 0.340 e. The fourth-order valence-corrected chi connectivity index (χ4v) is 5.12. The number of anilines is 1. The van der Waals surface area contributed by atoms with Crippen LogP contribution in [-0.2, 0) is 19.0 Å². The molecule has 0 aromatic heterocycles. The molecule has 200 valence electrons. The predicted molar refractivity (Wildman–Crippen MR) is 144 cm³/mol. The molecule has 2 aromatic rings. The fraction of sp³-hybridized carbons (Fsp3) is 0.464. The van der Waals surface area contributed by atoms with E-state index in [1.807, 2.05) is 0 Å². The summed E-state index contributed by atoms with van der Waals surface area (Å²) in [6.45, 7) is 2.67. The molecule has 0 bridgehead atoms. The Morgan fingerprint density at radius 2 is 1.70 bits per heavy atom. The average Bonchev–Trinajstić information content (AvgIpc) is 2.90. The fourth-order valence-electron chi connectivity index (χ4n) is 4.64. The van der Waals surface area contributed by atoms with Gasteiger partial charge in [-0.15, -0.1) is 0 Å². The lowest BCUT2D eigenvalue weighted by Crippen LogP contribution is -2.49. The third kappa shape index (κ3) is 7.18. The standard InChI is InChI=1S/C28H34BrNO7/c1-18-5-8-20(9-6-18)27(32)30(21(16-34-2)17-35-3)25-11-10-22(14-23(25)28(33)36-4)37-26-12-7-19(15-31)13-24(26)29/h7,10-15,18,20-21H,5-6,8-9,16-17H2,1-4H3/t18-,20-. The van der Waals surface area contributed by atoms with Crippen LogP contribution >= 0.6 is 15.9 Å². The Kier molecular flexibility index (Phi) is 10.7. The molecule has 1 aliphatic rings. The predicted octanol–water partition coefficient (Wildman–Crippen LogP) is 5.66. The maximum absolute atomic E-state index is 13.9. The Balaban J connectivity index is 2.04. The number of esters is 1. The van der Waals surface area contributed by atoms with Crippen molar-refractivity contribution in [1.29, 1.82) is 0 Å². The zero-order valence-corrected chi connectivity index (χ0v) is 23.3. The molecule has 0 spiro atoms. The lowest BCUT2D eigenvalue weighted by atomic mass is 9.82.